The minimum Gasteiger partial charge on any atom is -0.370 e. The molecule has 0 unspecified atom stereocenters. The number of nitriles is 1. The second-order valence-electron chi connectivity index (χ2n) is 5.55. The minimum atomic E-state index is -0.104. The van der Waals surface area contributed by atoms with E-state index in [1.54, 1.807) is 24.3 Å². The lowest BCUT2D eigenvalue weighted by atomic mass is 10.1. The largest absolute Gasteiger partial charge is 0.370 e. The van der Waals surface area contributed by atoms with Crippen LogP contribution in [0, 0.1) is 11.3 Å². The quantitative estimate of drug-likeness (QED) is 0.667. The fourth-order valence-corrected chi connectivity index (χ4v) is 2.88. The van der Waals surface area contributed by atoms with Gasteiger partial charge in [0, 0.05) is 36.3 Å². The van der Waals surface area contributed by atoms with Crippen molar-refractivity contribution >= 4 is 40.1 Å². The molecule has 1 aliphatic heterocycles. The number of carbonyl (C=O) groups is 2. The summed E-state index contributed by atoms with van der Waals surface area (Å²) in [6.07, 6.45) is 1.25. The van der Waals surface area contributed by atoms with Crippen LogP contribution >= 0.6 is 11.6 Å². The van der Waals surface area contributed by atoms with Crippen LogP contribution in [0.15, 0.2) is 24.3 Å². The first kappa shape index (κ1) is 16.2. The van der Waals surface area contributed by atoms with Gasteiger partial charge < -0.3 is 5.32 Å². The van der Waals surface area contributed by atoms with Gasteiger partial charge in [-0.25, -0.2) is 4.98 Å². The van der Waals surface area contributed by atoms with Crippen molar-refractivity contribution in [2.75, 3.05) is 18.4 Å². The Labute approximate surface area is 144 Å². The Hall–Kier alpha value is -2.65. The van der Waals surface area contributed by atoms with Gasteiger partial charge in [-0.3, -0.25) is 14.5 Å². The lowest BCUT2D eigenvalue weighted by Gasteiger charge is -2.14. The molecule has 3 rings (SSSR count). The molecule has 6 nitrogen and oxygen atoms in total. The molecule has 0 aliphatic carbocycles. The Bertz CT molecular complexity index is 844. The summed E-state index contributed by atoms with van der Waals surface area (Å²) < 4.78 is 0. The fourth-order valence-electron chi connectivity index (χ4n) is 2.71. The summed E-state index contributed by atoms with van der Waals surface area (Å²) in [5, 5.41) is 13.7. The van der Waals surface area contributed by atoms with Gasteiger partial charge in [-0.15, -0.1) is 0 Å². The lowest BCUT2D eigenvalue weighted by Crippen LogP contribution is -2.31. The standard InChI is InChI=1S/C17H15ClN4O2/c18-12-2-3-14-13(9-12)11(10-19)8-15(21-14)20-6-1-7-22-16(23)4-5-17(22)24/h2-3,8-9H,1,4-7H2,(H,20,21). The monoisotopic (exact) mass is 342 g/mol. The first-order chi connectivity index (χ1) is 11.6. The van der Waals surface area contributed by atoms with Crippen molar-refractivity contribution in [1.82, 2.24) is 9.88 Å². The third-order valence-corrected chi connectivity index (χ3v) is 4.15. The molecule has 0 atom stereocenters. The van der Waals surface area contributed by atoms with E-state index in [-0.39, 0.29) is 11.8 Å². The number of pyridine rings is 1. The van der Waals surface area contributed by atoms with Crippen LogP contribution in [-0.4, -0.2) is 34.8 Å². The average molecular weight is 343 g/mol. The molecule has 0 bridgehead atoms. The number of rotatable bonds is 5. The van der Waals surface area contributed by atoms with E-state index in [0.29, 0.717) is 59.7 Å². The molecular weight excluding hydrogens is 328 g/mol. The minimum absolute atomic E-state index is 0.104. The van der Waals surface area contributed by atoms with Crippen LogP contribution in [0.3, 0.4) is 0 Å². The van der Waals surface area contributed by atoms with Gasteiger partial charge in [-0.05, 0) is 30.7 Å². The molecule has 2 amide bonds. The zero-order chi connectivity index (χ0) is 17.1. The maximum atomic E-state index is 11.5. The molecule has 2 aromatic rings. The average Bonchev–Trinajstić information content (AvgIpc) is 2.89. The van der Waals surface area contributed by atoms with Gasteiger partial charge >= 0.3 is 0 Å². The Morgan fingerprint density at radius 3 is 2.71 bits per heavy atom. The SMILES string of the molecule is N#Cc1cc(NCCCN2C(=O)CCC2=O)nc2ccc(Cl)cc12. The Balaban J connectivity index is 1.65. The summed E-state index contributed by atoms with van der Waals surface area (Å²) in [6.45, 7) is 0.951. The number of nitrogens with one attached hydrogen (secondary N) is 1. The van der Waals surface area contributed by atoms with Crippen LogP contribution in [0.5, 0.6) is 0 Å². The van der Waals surface area contributed by atoms with E-state index in [1.807, 2.05) is 0 Å². The van der Waals surface area contributed by atoms with Gasteiger partial charge in [-0.2, -0.15) is 5.26 Å². The second-order valence-corrected chi connectivity index (χ2v) is 5.98. The van der Waals surface area contributed by atoms with E-state index in [9.17, 15) is 14.9 Å². The molecular formula is C17H15ClN4O2. The zero-order valence-electron chi connectivity index (χ0n) is 12.9. The highest BCUT2D eigenvalue weighted by Crippen LogP contribution is 2.23. The molecule has 1 fully saturated rings. The summed E-state index contributed by atoms with van der Waals surface area (Å²) in [6, 6.07) is 9.04. The highest BCUT2D eigenvalue weighted by Gasteiger charge is 2.27. The molecule has 7 heteroatoms. The second kappa shape index (κ2) is 6.85. The van der Waals surface area contributed by atoms with Gasteiger partial charge in [-0.1, -0.05) is 11.6 Å². The fraction of sp³-hybridized carbons (Fsp3) is 0.294. The maximum absolute atomic E-state index is 11.5. The number of amides is 2. The number of halogens is 1. The Morgan fingerprint density at radius 1 is 1.25 bits per heavy atom. The summed E-state index contributed by atoms with van der Waals surface area (Å²) in [7, 11) is 0. The van der Waals surface area contributed by atoms with Crippen molar-refractivity contribution in [2.45, 2.75) is 19.3 Å². The van der Waals surface area contributed by atoms with E-state index in [1.165, 1.54) is 4.90 Å². The molecule has 1 aromatic heterocycles. The number of aromatic nitrogens is 1. The normalized spacial score (nSPS) is 14.2. The zero-order valence-corrected chi connectivity index (χ0v) is 13.6. The molecule has 24 heavy (non-hydrogen) atoms. The number of anilines is 1. The number of hydrogen-bond acceptors (Lipinski definition) is 5. The Morgan fingerprint density at radius 2 is 2.00 bits per heavy atom. The number of nitrogens with zero attached hydrogens (tertiary/aromatic N) is 3. The molecule has 2 heterocycles. The van der Waals surface area contributed by atoms with Crippen molar-refractivity contribution in [3.63, 3.8) is 0 Å². The van der Waals surface area contributed by atoms with Crippen LogP contribution < -0.4 is 5.32 Å². The predicted octanol–water partition coefficient (Wildman–Crippen LogP) is 2.71. The van der Waals surface area contributed by atoms with Gasteiger partial charge in [0.1, 0.15) is 5.82 Å². The van der Waals surface area contributed by atoms with Crippen LogP contribution in [0.4, 0.5) is 5.82 Å². The number of likely N-dealkylation sites (tertiary alicyclic amines) is 1. The van der Waals surface area contributed by atoms with E-state index >= 15 is 0 Å². The van der Waals surface area contributed by atoms with Crippen LogP contribution in [-0.2, 0) is 9.59 Å². The van der Waals surface area contributed by atoms with Crippen molar-refractivity contribution in [2.24, 2.45) is 0 Å². The molecule has 122 valence electrons. The molecule has 1 saturated heterocycles. The summed E-state index contributed by atoms with van der Waals surface area (Å²) in [4.78, 5) is 28.8. The number of fused-ring (bicyclic) bond motifs is 1. The van der Waals surface area contributed by atoms with E-state index in [4.69, 9.17) is 11.6 Å². The highest BCUT2D eigenvalue weighted by atomic mass is 35.5. The molecule has 1 aromatic carbocycles. The highest BCUT2D eigenvalue weighted by molar-refractivity contribution is 6.31. The number of imide groups is 1. The summed E-state index contributed by atoms with van der Waals surface area (Å²) in [5.74, 6) is 0.375. The number of hydrogen-bond donors (Lipinski definition) is 1. The van der Waals surface area contributed by atoms with Gasteiger partial charge in [0.25, 0.3) is 0 Å². The smallest absolute Gasteiger partial charge is 0.229 e. The van der Waals surface area contributed by atoms with Crippen LogP contribution in [0.1, 0.15) is 24.8 Å². The van der Waals surface area contributed by atoms with Crippen molar-refractivity contribution in [3.8, 4) is 6.07 Å². The molecule has 0 radical (unpaired) electrons. The summed E-state index contributed by atoms with van der Waals surface area (Å²) in [5.41, 5.74) is 1.18. The molecule has 0 saturated carbocycles. The van der Waals surface area contributed by atoms with E-state index in [2.05, 4.69) is 16.4 Å². The van der Waals surface area contributed by atoms with Gasteiger partial charge in [0.15, 0.2) is 0 Å². The van der Waals surface area contributed by atoms with Gasteiger partial charge in [0.05, 0.1) is 17.1 Å². The van der Waals surface area contributed by atoms with Gasteiger partial charge in [0.2, 0.25) is 11.8 Å². The lowest BCUT2D eigenvalue weighted by molar-refractivity contribution is -0.138. The third-order valence-electron chi connectivity index (χ3n) is 3.91. The summed E-state index contributed by atoms with van der Waals surface area (Å²) >= 11 is 5.96. The van der Waals surface area contributed by atoms with Crippen LogP contribution in [0.25, 0.3) is 10.9 Å². The van der Waals surface area contributed by atoms with Crippen molar-refractivity contribution in [1.29, 1.82) is 5.26 Å². The topological polar surface area (TPSA) is 86.1 Å². The molecule has 1 aliphatic rings. The first-order valence-electron chi connectivity index (χ1n) is 7.66. The van der Waals surface area contributed by atoms with Crippen LogP contribution in [0.2, 0.25) is 5.02 Å². The van der Waals surface area contributed by atoms with Crippen molar-refractivity contribution in [3.05, 3.63) is 34.9 Å². The molecule has 1 N–H and O–H groups in total. The first-order valence-corrected chi connectivity index (χ1v) is 8.04. The van der Waals surface area contributed by atoms with E-state index < -0.39 is 0 Å². The van der Waals surface area contributed by atoms with E-state index in [0.717, 1.165) is 0 Å². The predicted molar refractivity (Wildman–Crippen MR) is 90.5 cm³/mol. The van der Waals surface area contributed by atoms with Crippen molar-refractivity contribution < 1.29 is 9.59 Å². The maximum Gasteiger partial charge on any atom is 0.229 e. The Kier molecular flexibility index (Phi) is 4.63. The number of benzene rings is 1. The molecule has 0 spiro atoms. The third kappa shape index (κ3) is 3.31. The number of carbonyl (C=O) groups excluding carboxylic acids is 2.